The first-order valence-corrected chi connectivity index (χ1v) is 13.0. The molecule has 5 nitrogen and oxygen atoms in total. The molecule has 1 aliphatic rings. The molecule has 5 rings (SSSR count). The molecule has 1 unspecified atom stereocenters. The van der Waals surface area contributed by atoms with Gasteiger partial charge in [-0.15, -0.1) is 0 Å². The Bertz CT molecular complexity index is 1510. The van der Waals surface area contributed by atoms with E-state index in [1.54, 1.807) is 6.92 Å². The van der Waals surface area contributed by atoms with E-state index in [2.05, 4.69) is 31.9 Å². The van der Waals surface area contributed by atoms with Crippen LogP contribution in [0.2, 0.25) is 0 Å². The van der Waals surface area contributed by atoms with Crippen LogP contribution in [0.5, 0.6) is 5.75 Å². The number of esters is 1. The van der Waals surface area contributed by atoms with Gasteiger partial charge in [-0.1, -0.05) is 80.4 Å². The number of nitrogens with zero attached hydrogens (tertiary/aromatic N) is 1. The number of halogens is 2. The molecule has 36 heavy (non-hydrogen) atoms. The smallest absolute Gasteiger partial charge is 0.340 e. The third kappa shape index (κ3) is 4.81. The molecule has 3 aromatic carbocycles. The summed E-state index contributed by atoms with van der Waals surface area (Å²) in [5.41, 5.74) is 10.9. The van der Waals surface area contributed by atoms with Crippen LogP contribution in [0.1, 0.15) is 35.2 Å². The molecule has 7 heteroatoms. The van der Waals surface area contributed by atoms with Crippen LogP contribution >= 0.6 is 31.9 Å². The molecule has 0 saturated heterocycles. The van der Waals surface area contributed by atoms with E-state index in [4.69, 9.17) is 20.2 Å². The number of aromatic nitrogens is 1. The van der Waals surface area contributed by atoms with E-state index in [9.17, 15) is 4.79 Å². The monoisotopic (exact) mass is 604 g/mol. The van der Waals surface area contributed by atoms with Crippen molar-refractivity contribution in [2.75, 3.05) is 6.61 Å². The van der Waals surface area contributed by atoms with Crippen molar-refractivity contribution in [3.8, 4) is 5.75 Å². The molecule has 0 spiro atoms. The van der Waals surface area contributed by atoms with Crippen LogP contribution in [0.3, 0.4) is 0 Å². The topological polar surface area (TPSA) is 74.4 Å². The van der Waals surface area contributed by atoms with Crippen LogP contribution in [0.4, 0.5) is 0 Å². The molecule has 0 aliphatic carbocycles. The standard InChI is InChI=1S/C29H22Br2N2O3/c1-2-35-29(34)25-24(18-6-12-21(31)13-7-18)23-16-9-19-8-15-22(33-26(19)27(23)36-28(25)32)14-5-17-3-10-20(30)11-4-17/h3-16,24H,2,32H2,1H3/b14-5+. The first kappa shape index (κ1) is 24.3. The van der Waals surface area contributed by atoms with E-state index in [0.29, 0.717) is 11.3 Å². The highest BCUT2D eigenvalue weighted by atomic mass is 79.9. The zero-order chi connectivity index (χ0) is 25.2. The van der Waals surface area contributed by atoms with Gasteiger partial charge in [0.2, 0.25) is 5.88 Å². The fraction of sp³-hybridized carbons (Fsp3) is 0.103. The molecule has 0 fully saturated rings. The number of fused-ring (bicyclic) bond motifs is 3. The van der Waals surface area contributed by atoms with Gasteiger partial charge in [0.05, 0.1) is 18.2 Å². The highest BCUT2D eigenvalue weighted by Gasteiger charge is 2.36. The second kappa shape index (κ2) is 10.3. The number of rotatable bonds is 5. The van der Waals surface area contributed by atoms with Crippen LogP contribution in [-0.2, 0) is 9.53 Å². The number of pyridine rings is 1. The highest BCUT2D eigenvalue weighted by Crippen LogP contribution is 2.45. The lowest BCUT2D eigenvalue weighted by Gasteiger charge is -2.29. The maximum atomic E-state index is 13.0. The van der Waals surface area contributed by atoms with Crippen molar-refractivity contribution in [3.63, 3.8) is 0 Å². The molecule has 2 N–H and O–H groups in total. The van der Waals surface area contributed by atoms with Crippen molar-refractivity contribution < 1.29 is 14.3 Å². The van der Waals surface area contributed by atoms with Gasteiger partial charge in [0.1, 0.15) is 11.1 Å². The van der Waals surface area contributed by atoms with Crippen LogP contribution in [0, 0.1) is 0 Å². The molecule has 2 heterocycles. The predicted octanol–water partition coefficient (Wildman–Crippen LogP) is 7.19. The minimum absolute atomic E-state index is 0.0268. The second-order valence-electron chi connectivity index (χ2n) is 8.26. The van der Waals surface area contributed by atoms with Gasteiger partial charge in [-0.2, -0.15) is 0 Å². The Morgan fingerprint density at radius 3 is 2.33 bits per heavy atom. The lowest BCUT2D eigenvalue weighted by atomic mass is 9.82. The third-order valence-electron chi connectivity index (χ3n) is 5.96. The normalized spacial score (nSPS) is 15.1. The van der Waals surface area contributed by atoms with Gasteiger partial charge in [-0.25, -0.2) is 9.78 Å². The predicted molar refractivity (Wildman–Crippen MR) is 149 cm³/mol. The Morgan fingerprint density at radius 1 is 0.972 bits per heavy atom. The van der Waals surface area contributed by atoms with Crippen LogP contribution in [-0.4, -0.2) is 17.6 Å². The molecule has 0 saturated carbocycles. The maximum Gasteiger partial charge on any atom is 0.340 e. The van der Waals surface area contributed by atoms with Crippen LogP contribution < -0.4 is 10.5 Å². The summed E-state index contributed by atoms with van der Waals surface area (Å²) in [5, 5.41) is 0.913. The van der Waals surface area contributed by atoms with Crippen molar-refractivity contribution in [2.45, 2.75) is 12.8 Å². The Kier molecular flexibility index (Phi) is 6.94. The lowest BCUT2D eigenvalue weighted by Crippen LogP contribution is -2.27. The van der Waals surface area contributed by atoms with Crippen LogP contribution in [0.25, 0.3) is 23.1 Å². The van der Waals surface area contributed by atoms with Crippen molar-refractivity contribution in [2.24, 2.45) is 5.73 Å². The van der Waals surface area contributed by atoms with Gasteiger partial charge in [-0.05, 0) is 54.5 Å². The van der Waals surface area contributed by atoms with Gasteiger partial charge in [0.15, 0.2) is 5.75 Å². The summed E-state index contributed by atoms with van der Waals surface area (Å²) in [6.07, 6.45) is 3.97. The Labute approximate surface area is 225 Å². The lowest BCUT2D eigenvalue weighted by molar-refractivity contribution is -0.139. The fourth-order valence-corrected chi connectivity index (χ4v) is 4.80. The summed E-state index contributed by atoms with van der Waals surface area (Å²) in [7, 11) is 0. The summed E-state index contributed by atoms with van der Waals surface area (Å²) in [6, 6.07) is 23.8. The van der Waals surface area contributed by atoms with Gasteiger partial charge in [0.25, 0.3) is 0 Å². The average molecular weight is 606 g/mol. The first-order chi connectivity index (χ1) is 17.4. The van der Waals surface area contributed by atoms with E-state index in [-0.39, 0.29) is 18.1 Å². The molecular formula is C29H22Br2N2O3. The number of ether oxygens (including phenoxy) is 2. The molecule has 0 radical (unpaired) electrons. The van der Waals surface area contributed by atoms with Crippen molar-refractivity contribution >= 4 is 60.9 Å². The van der Waals surface area contributed by atoms with Crippen molar-refractivity contribution in [1.82, 2.24) is 4.98 Å². The third-order valence-corrected chi connectivity index (χ3v) is 7.02. The molecule has 180 valence electrons. The zero-order valence-corrected chi connectivity index (χ0v) is 22.5. The zero-order valence-electron chi connectivity index (χ0n) is 19.4. The number of carbonyl (C=O) groups excluding carboxylic acids is 1. The largest absolute Gasteiger partial charge is 0.462 e. The second-order valence-corrected chi connectivity index (χ2v) is 10.1. The summed E-state index contributed by atoms with van der Waals surface area (Å²) < 4.78 is 13.4. The van der Waals surface area contributed by atoms with Gasteiger partial charge >= 0.3 is 5.97 Å². The number of hydrogen-bond acceptors (Lipinski definition) is 5. The first-order valence-electron chi connectivity index (χ1n) is 11.4. The number of carbonyl (C=O) groups is 1. The van der Waals surface area contributed by atoms with E-state index in [1.807, 2.05) is 84.9 Å². The van der Waals surface area contributed by atoms with Gasteiger partial charge in [-0.3, -0.25) is 0 Å². The van der Waals surface area contributed by atoms with Gasteiger partial charge in [0, 0.05) is 19.9 Å². The van der Waals surface area contributed by atoms with E-state index >= 15 is 0 Å². The van der Waals surface area contributed by atoms with Crippen LogP contribution in [0.15, 0.2) is 93.2 Å². The highest BCUT2D eigenvalue weighted by molar-refractivity contribution is 9.10. The minimum atomic E-state index is -0.493. The molecule has 1 aliphatic heterocycles. The van der Waals surface area contributed by atoms with Crippen molar-refractivity contribution in [1.29, 1.82) is 0 Å². The molecule has 1 aromatic heterocycles. The van der Waals surface area contributed by atoms with Crippen molar-refractivity contribution in [3.05, 3.63) is 116 Å². The molecule has 1 atom stereocenters. The fourth-order valence-electron chi connectivity index (χ4n) is 4.27. The average Bonchev–Trinajstić information content (AvgIpc) is 2.88. The van der Waals surface area contributed by atoms with E-state index < -0.39 is 11.9 Å². The summed E-state index contributed by atoms with van der Waals surface area (Å²) in [4.78, 5) is 17.8. The number of benzene rings is 3. The minimum Gasteiger partial charge on any atom is -0.462 e. The number of nitrogens with two attached hydrogens (primary N) is 1. The van der Waals surface area contributed by atoms with E-state index in [0.717, 1.165) is 36.7 Å². The molecule has 0 amide bonds. The van der Waals surface area contributed by atoms with E-state index in [1.165, 1.54) is 0 Å². The summed E-state index contributed by atoms with van der Waals surface area (Å²) in [6.45, 7) is 2.00. The molecule has 0 bridgehead atoms. The Balaban J connectivity index is 1.63. The molecular weight excluding hydrogens is 584 g/mol. The summed E-state index contributed by atoms with van der Waals surface area (Å²) >= 11 is 6.95. The quantitative estimate of drug-likeness (QED) is 0.244. The maximum absolute atomic E-state index is 13.0. The SMILES string of the molecule is CCOC(=O)C1=C(N)Oc2c(ccc3ccc(/C=C/c4ccc(Br)cc4)nc23)C1c1ccc(Br)cc1. The number of hydrogen-bond donors (Lipinski definition) is 1. The summed E-state index contributed by atoms with van der Waals surface area (Å²) in [5.74, 6) is -0.370. The van der Waals surface area contributed by atoms with Gasteiger partial charge < -0.3 is 15.2 Å². The molecule has 4 aromatic rings. The Hall–Kier alpha value is -3.42. The Morgan fingerprint density at radius 2 is 1.64 bits per heavy atom.